The molecule has 31 heavy (non-hydrogen) atoms. The van der Waals surface area contributed by atoms with E-state index >= 15 is 0 Å². The van der Waals surface area contributed by atoms with Crippen LogP contribution in [0.15, 0.2) is 66.3 Å². The molecule has 0 saturated heterocycles. The van der Waals surface area contributed by atoms with E-state index in [0.717, 1.165) is 34.4 Å². The molecule has 0 bridgehead atoms. The molecule has 0 spiro atoms. The lowest BCUT2D eigenvalue weighted by atomic mass is 10.1. The average Bonchev–Trinajstić information content (AvgIpc) is 3.20. The Morgan fingerprint density at radius 3 is 2.65 bits per heavy atom. The van der Waals surface area contributed by atoms with Gasteiger partial charge in [0.25, 0.3) is 0 Å². The molecule has 6 nitrogen and oxygen atoms in total. The van der Waals surface area contributed by atoms with E-state index in [9.17, 15) is 4.79 Å². The highest BCUT2D eigenvalue weighted by molar-refractivity contribution is 7.99. The van der Waals surface area contributed by atoms with Crippen molar-refractivity contribution < 1.29 is 9.53 Å². The average molecular weight is 437 g/mol. The number of aromatic nitrogens is 3. The number of ether oxygens (including phenoxy) is 1. The summed E-state index contributed by atoms with van der Waals surface area (Å²) in [5, 5.41) is 9.47. The molecule has 1 amide bonds. The minimum Gasteiger partial charge on any atom is -0.497 e. The molecule has 2 aromatic carbocycles. The summed E-state index contributed by atoms with van der Waals surface area (Å²) in [4.78, 5) is 14.7. The summed E-state index contributed by atoms with van der Waals surface area (Å²) in [5.74, 6) is 1.94. The van der Waals surface area contributed by atoms with Gasteiger partial charge in [0.05, 0.1) is 12.9 Å². The van der Waals surface area contributed by atoms with E-state index in [-0.39, 0.29) is 11.7 Å². The fraction of sp³-hybridized carbons (Fsp3) is 0.292. The number of amides is 1. The van der Waals surface area contributed by atoms with Crippen LogP contribution in [0.2, 0.25) is 0 Å². The molecule has 3 aromatic rings. The van der Waals surface area contributed by atoms with Crippen molar-refractivity contribution in [2.45, 2.75) is 32.1 Å². The first-order valence-electron chi connectivity index (χ1n) is 10.2. The Labute approximate surface area is 187 Å². The van der Waals surface area contributed by atoms with Gasteiger partial charge in [-0.1, -0.05) is 53.7 Å². The van der Waals surface area contributed by atoms with Gasteiger partial charge in [-0.25, -0.2) is 0 Å². The molecule has 1 aromatic heterocycles. The predicted octanol–water partition coefficient (Wildman–Crippen LogP) is 4.59. The highest BCUT2D eigenvalue weighted by Crippen LogP contribution is 2.25. The molecular weight excluding hydrogens is 408 g/mol. The third-order valence-electron chi connectivity index (χ3n) is 4.87. The Balaban J connectivity index is 1.69. The van der Waals surface area contributed by atoms with Gasteiger partial charge in [-0.15, -0.1) is 16.8 Å². The number of nitrogens with zero attached hydrogens (tertiary/aromatic N) is 4. The summed E-state index contributed by atoms with van der Waals surface area (Å²) in [6.07, 6.45) is 1.75. The lowest BCUT2D eigenvalue weighted by Crippen LogP contribution is -2.32. The number of rotatable bonds is 10. The van der Waals surface area contributed by atoms with Crippen molar-refractivity contribution in [3.63, 3.8) is 0 Å². The molecule has 0 aliphatic heterocycles. The van der Waals surface area contributed by atoms with Crippen LogP contribution in [-0.4, -0.2) is 45.0 Å². The molecule has 0 saturated carbocycles. The smallest absolute Gasteiger partial charge is 0.233 e. The molecule has 0 radical (unpaired) electrons. The summed E-state index contributed by atoms with van der Waals surface area (Å²) in [7, 11) is 1.64. The van der Waals surface area contributed by atoms with E-state index in [2.05, 4.69) is 42.8 Å². The zero-order valence-corrected chi connectivity index (χ0v) is 19.1. The number of thioether (sulfide) groups is 1. The largest absolute Gasteiger partial charge is 0.497 e. The number of carbonyl (C=O) groups excluding carboxylic acids is 1. The molecule has 0 aliphatic carbocycles. The Hall–Kier alpha value is -3.06. The number of hydrogen-bond donors (Lipinski definition) is 0. The van der Waals surface area contributed by atoms with E-state index in [1.165, 1.54) is 17.3 Å². The highest BCUT2D eigenvalue weighted by atomic mass is 32.2. The number of aryl methyl sites for hydroxylation is 1. The molecule has 0 N–H and O–H groups in total. The second-order valence-electron chi connectivity index (χ2n) is 7.12. The van der Waals surface area contributed by atoms with Crippen molar-refractivity contribution in [1.29, 1.82) is 0 Å². The first-order chi connectivity index (χ1) is 15.0. The molecular formula is C24H28N4O2S. The van der Waals surface area contributed by atoms with Crippen LogP contribution in [-0.2, 0) is 17.9 Å². The topological polar surface area (TPSA) is 60.2 Å². The molecule has 7 heteroatoms. The van der Waals surface area contributed by atoms with Gasteiger partial charge >= 0.3 is 0 Å². The van der Waals surface area contributed by atoms with Crippen molar-refractivity contribution in [3.05, 3.63) is 72.3 Å². The van der Waals surface area contributed by atoms with E-state index in [0.29, 0.717) is 13.1 Å². The van der Waals surface area contributed by atoms with Gasteiger partial charge < -0.3 is 14.2 Å². The van der Waals surface area contributed by atoms with Crippen LogP contribution < -0.4 is 4.74 Å². The van der Waals surface area contributed by atoms with Crippen LogP contribution in [0.3, 0.4) is 0 Å². The Kier molecular flexibility index (Phi) is 7.89. The van der Waals surface area contributed by atoms with Crippen LogP contribution in [0.5, 0.6) is 5.75 Å². The number of hydrogen-bond acceptors (Lipinski definition) is 5. The maximum Gasteiger partial charge on any atom is 0.233 e. The lowest BCUT2D eigenvalue weighted by Gasteiger charge is -2.21. The lowest BCUT2D eigenvalue weighted by molar-refractivity contribution is -0.128. The molecule has 3 rings (SSSR count). The monoisotopic (exact) mass is 436 g/mol. The summed E-state index contributed by atoms with van der Waals surface area (Å²) >= 11 is 1.41. The molecule has 0 aliphatic rings. The van der Waals surface area contributed by atoms with Gasteiger partial charge in [0.15, 0.2) is 11.0 Å². The number of carbonyl (C=O) groups is 1. The third-order valence-corrected chi connectivity index (χ3v) is 5.82. The van der Waals surface area contributed by atoms with Crippen molar-refractivity contribution in [2.24, 2.45) is 0 Å². The normalized spacial score (nSPS) is 10.7. The Bertz CT molecular complexity index is 1030. The van der Waals surface area contributed by atoms with Gasteiger partial charge in [0.1, 0.15) is 5.75 Å². The van der Waals surface area contributed by atoms with Gasteiger partial charge in [0, 0.05) is 25.2 Å². The SMILES string of the molecule is C=CCN(Cc1ccc(OC)cc1)C(=O)CSc1nnc(-c2cccc(C)c2)n1CC. The first-order valence-corrected chi connectivity index (χ1v) is 11.2. The zero-order valence-electron chi connectivity index (χ0n) is 18.2. The van der Waals surface area contributed by atoms with Crippen molar-refractivity contribution in [1.82, 2.24) is 19.7 Å². The molecule has 0 fully saturated rings. The van der Waals surface area contributed by atoms with Crippen LogP contribution in [0.4, 0.5) is 0 Å². The predicted molar refractivity (Wildman–Crippen MR) is 125 cm³/mol. The number of methoxy groups -OCH3 is 1. The van der Waals surface area contributed by atoms with E-state index in [1.54, 1.807) is 18.1 Å². The molecule has 0 atom stereocenters. The minimum atomic E-state index is 0.0310. The Morgan fingerprint density at radius 2 is 2.00 bits per heavy atom. The summed E-state index contributed by atoms with van der Waals surface area (Å²) < 4.78 is 7.25. The molecule has 0 unspecified atom stereocenters. The first kappa shape index (κ1) is 22.6. The third kappa shape index (κ3) is 5.76. The van der Waals surface area contributed by atoms with Crippen molar-refractivity contribution in [3.8, 4) is 17.1 Å². The van der Waals surface area contributed by atoms with Crippen molar-refractivity contribution >= 4 is 17.7 Å². The van der Waals surface area contributed by atoms with Gasteiger partial charge in [-0.05, 0) is 37.6 Å². The molecule has 1 heterocycles. The Morgan fingerprint density at radius 1 is 1.23 bits per heavy atom. The maximum absolute atomic E-state index is 12.9. The van der Waals surface area contributed by atoms with Gasteiger partial charge in [-0.2, -0.15) is 0 Å². The molecule has 162 valence electrons. The van der Waals surface area contributed by atoms with E-state index in [1.807, 2.05) is 41.0 Å². The van der Waals surface area contributed by atoms with Crippen LogP contribution in [0.1, 0.15) is 18.1 Å². The minimum absolute atomic E-state index is 0.0310. The van der Waals surface area contributed by atoms with E-state index < -0.39 is 0 Å². The van der Waals surface area contributed by atoms with Crippen LogP contribution in [0.25, 0.3) is 11.4 Å². The highest BCUT2D eigenvalue weighted by Gasteiger charge is 2.18. The number of benzene rings is 2. The van der Waals surface area contributed by atoms with Gasteiger partial charge in [-0.3, -0.25) is 4.79 Å². The summed E-state index contributed by atoms with van der Waals surface area (Å²) in [5.41, 5.74) is 3.24. The summed E-state index contributed by atoms with van der Waals surface area (Å²) in [6.45, 7) is 9.65. The van der Waals surface area contributed by atoms with E-state index in [4.69, 9.17) is 4.74 Å². The second kappa shape index (κ2) is 10.8. The van der Waals surface area contributed by atoms with Crippen LogP contribution >= 0.6 is 11.8 Å². The zero-order chi connectivity index (χ0) is 22.2. The maximum atomic E-state index is 12.9. The fourth-order valence-corrected chi connectivity index (χ4v) is 4.16. The van der Waals surface area contributed by atoms with Gasteiger partial charge in [0.2, 0.25) is 5.91 Å². The van der Waals surface area contributed by atoms with Crippen molar-refractivity contribution in [2.75, 3.05) is 19.4 Å². The quantitative estimate of drug-likeness (QED) is 0.344. The summed E-state index contributed by atoms with van der Waals surface area (Å²) in [6, 6.07) is 15.9. The standard InChI is InChI=1S/C24H28N4O2S/c1-5-14-27(16-19-10-12-21(30-4)13-11-19)22(29)17-31-24-26-25-23(28(24)6-2)20-9-7-8-18(3)15-20/h5,7-13,15H,1,6,14,16-17H2,2-4H3. The second-order valence-corrected chi connectivity index (χ2v) is 8.06. The van der Waals surface area contributed by atoms with Crippen LogP contribution in [0, 0.1) is 6.92 Å². The fourth-order valence-electron chi connectivity index (χ4n) is 3.26.